The second kappa shape index (κ2) is 5.49. The van der Waals surface area contributed by atoms with Crippen LogP contribution in [0.25, 0.3) is 0 Å². The van der Waals surface area contributed by atoms with Gasteiger partial charge in [0.2, 0.25) is 0 Å². The van der Waals surface area contributed by atoms with Gasteiger partial charge >= 0.3 is 7.48 Å². The summed E-state index contributed by atoms with van der Waals surface area (Å²) in [5.41, 5.74) is 6.77. The Kier molecular flexibility index (Phi) is 3.99. The van der Waals surface area contributed by atoms with E-state index >= 15 is 0 Å². The van der Waals surface area contributed by atoms with E-state index in [0.29, 0.717) is 31.8 Å². The molecule has 1 aliphatic heterocycles. The number of hydrogen-bond donors (Lipinski definition) is 2. The van der Waals surface area contributed by atoms with Crippen molar-refractivity contribution in [2.45, 2.75) is 12.5 Å². The van der Waals surface area contributed by atoms with E-state index in [0.717, 1.165) is 5.46 Å². The fraction of sp³-hybridized carbons (Fsp3) is 0.455. The molecule has 1 unspecified atom stereocenters. The van der Waals surface area contributed by atoms with Crippen LogP contribution in [0.1, 0.15) is 18.1 Å². The zero-order valence-electron chi connectivity index (χ0n) is 9.49. The molecule has 1 atom stereocenters. The van der Waals surface area contributed by atoms with Crippen molar-refractivity contribution in [2.24, 2.45) is 5.73 Å². The monoisotopic (exact) mass is 239 g/mol. The molecule has 1 aromatic carbocycles. The SMILES string of the molecule is NCC1OBc2c(OCCCO)ccc(F)c21. The number of benzene rings is 1. The first-order chi connectivity index (χ1) is 8.27. The van der Waals surface area contributed by atoms with E-state index in [4.69, 9.17) is 20.2 Å². The van der Waals surface area contributed by atoms with Gasteiger partial charge in [0.15, 0.2) is 0 Å². The Labute approximate surface area is 99.8 Å². The van der Waals surface area contributed by atoms with Crippen LogP contribution in [0.4, 0.5) is 4.39 Å². The van der Waals surface area contributed by atoms with Gasteiger partial charge in [0.05, 0.1) is 12.7 Å². The predicted molar refractivity (Wildman–Crippen MR) is 63.3 cm³/mol. The van der Waals surface area contributed by atoms with E-state index < -0.39 is 0 Å². The molecule has 6 heteroatoms. The Hall–Kier alpha value is -1.11. The van der Waals surface area contributed by atoms with Crippen LogP contribution >= 0.6 is 0 Å². The van der Waals surface area contributed by atoms with E-state index in [9.17, 15) is 4.39 Å². The van der Waals surface area contributed by atoms with Crippen LogP contribution in [0.5, 0.6) is 5.75 Å². The standard InChI is InChI=1S/C11H15BFNO3/c13-7-2-3-8(16-5-1-4-15)11-10(7)9(6-14)17-12-11/h2-3,9,12,15H,1,4-6,14H2. The highest BCUT2D eigenvalue weighted by Crippen LogP contribution is 2.26. The molecule has 0 radical (unpaired) electrons. The Bertz CT molecular complexity index is 403. The molecule has 4 nitrogen and oxygen atoms in total. The minimum Gasteiger partial charge on any atom is -0.494 e. The van der Waals surface area contributed by atoms with Crippen molar-refractivity contribution in [2.75, 3.05) is 19.8 Å². The van der Waals surface area contributed by atoms with E-state index in [2.05, 4.69) is 0 Å². The maximum atomic E-state index is 13.7. The fourth-order valence-electron chi connectivity index (χ4n) is 1.95. The third-order valence-corrected chi connectivity index (χ3v) is 2.79. The highest BCUT2D eigenvalue weighted by atomic mass is 19.1. The average Bonchev–Trinajstić information content (AvgIpc) is 2.77. The van der Waals surface area contributed by atoms with Crippen molar-refractivity contribution < 1.29 is 18.9 Å². The second-order valence-electron chi connectivity index (χ2n) is 3.90. The molecular formula is C11H15BFNO3. The minimum absolute atomic E-state index is 0.0747. The maximum Gasteiger partial charge on any atom is 0.313 e. The lowest BCUT2D eigenvalue weighted by atomic mass is 9.85. The molecule has 17 heavy (non-hydrogen) atoms. The third-order valence-electron chi connectivity index (χ3n) is 2.79. The van der Waals surface area contributed by atoms with Crippen LogP contribution in [0.15, 0.2) is 12.1 Å². The Morgan fingerprint density at radius 1 is 1.53 bits per heavy atom. The molecule has 0 saturated carbocycles. The zero-order valence-corrected chi connectivity index (χ0v) is 9.49. The molecule has 1 heterocycles. The summed E-state index contributed by atoms with van der Waals surface area (Å²) in [5.74, 6) is 0.313. The number of hydrogen-bond acceptors (Lipinski definition) is 4. The van der Waals surface area contributed by atoms with Gasteiger partial charge in [-0.3, -0.25) is 0 Å². The van der Waals surface area contributed by atoms with E-state index in [1.54, 1.807) is 6.07 Å². The molecule has 0 aliphatic carbocycles. The Balaban J connectivity index is 2.22. The van der Waals surface area contributed by atoms with Crippen molar-refractivity contribution in [3.8, 4) is 5.75 Å². The molecule has 0 bridgehead atoms. The first-order valence-electron chi connectivity index (χ1n) is 5.64. The van der Waals surface area contributed by atoms with Crippen molar-refractivity contribution in [1.29, 1.82) is 0 Å². The van der Waals surface area contributed by atoms with Crippen LogP contribution < -0.4 is 15.9 Å². The number of aliphatic hydroxyl groups is 1. The quantitative estimate of drug-likeness (QED) is 0.541. The topological polar surface area (TPSA) is 64.7 Å². The molecule has 0 aromatic heterocycles. The number of aliphatic hydroxyl groups excluding tert-OH is 1. The van der Waals surface area contributed by atoms with Crippen LogP contribution in [-0.2, 0) is 4.65 Å². The second-order valence-corrected chi connectivity index (χ2v) is 3.90. The Morgan fingerprint density at radius 2 is 2.35 bits per heavy atom. The number of halogens is 1. The molecular weight excluding hydrogens is 224 g/mol. The molecule has 2 rings (SSSR count). The van der Waals surface area contributed by atoms with Crippen molar-refractivity contribution in [3.05, 3.63) is 23.5 Å². The van der Waals surface area contributed by atoms with Crippen LogP contribution in [-0.4, -0.2) is 32.3 Å². The summed E-state index contributed by atoms with van der Waals surface area (Å²) in [6, 6.07) is 2.96. The van der Waals surface area contributed by atoms with Gasteiger partial charge in [-0.25, -0.2) is 4.39 Å². The number of nitrogens with two attached hydrogens (primary N) is 1. The first kappa shape index (κ1) is 12.4. The van der Waals surface area contributed by atoms with Crippen LogP contribution in [0.3, 0.4) is 0 Å². The summed E-state index contributed by atoms with van der Waals surface area (Å²) in [7, 11) is 0.323. The van der Waals surface area contributed by atoms with E-state index in [1.165, 1.54) is 6.07 Å². The molecule has 92 valence electrons. The van der Waals surface area contributed by atoms with Crippen LogP contribution in [0.2, 0.25) is 0 Å². The third kappa shape index (κ3) is 2.43. The molecule has 0 amide bonds. The zero-order chi connectivity index (χ0) is 12.3. The Morgan fingerprint density at radius 3 is 3.06 bits per heavy atom. The molecule has 1 aliphatic rings. The smallest absolute Gasteiger partial charge is 0.313 e. The van der Waals surface area contributed by atoms with Gasteiger partial charge in [-0.2, -0.15) is 0 Å². The number of rotatable bonds is 5. The minimum atomic E-state index is -0.383. The van der Waals surface area contributed by atoms with E-state index in [-0.39, 0.29) is 25.1 Å². The van der Waals surface area contributed by atoms with Gasteiger partial charge in [0.1, 0.15) is 11.6 Å². The summed E-state index contributed by atoms with van der Waals surface area (Å²) < 4.78 is 24.6. The lowest BCUT2D eigenvalue weighted by Gasteiger charge is -2.12. The van der Waals surface area contributed by atoms with Crippen molar-refractivity contribution >= 4 is 12.9 Å². The highest BCUT2D eigenvalue weighted by molar-refractivity contribution is 6.50. The maximum absolute atomic E-state index is 13.7. The van der Waals surface area contributed by atoms with Gasteiger partial charge in [0, 0.05) is 25.1 Å². The average molecular weight is 239 g/mol. The normalized spacial score (nSPS) is 17.7. The summed E-state index contributed by atoms with van der Waals surface area (Å²) in [5, 5.41) is 8.68. The van der Waals surface area contributed by atoms with Crippen molar-refractivity contribution in [1.82, 2.24) is 0 Å². The van der Waals surface area contributed by atoms with Crippen LogP contribution in [0, 0.1) is 5.82 Å². The number of fused-ring (bicyclic) bond motifs is 1. The van der Waals surface area contributed by atoms with E-state index in [1.807, 2.05) is 0 Å². The summed E-state index contributed by atoms with van der Waals surface area (Å²) in [6.07, 6.45) is 0.166. The van der Waals surface area contributed by atoms with Crippen molar-refractivity contribution in [3.63, 3.8) is 0 Å². The molecule has 0 spiro atoms. The van der Waals surface area contributed by atoms with Gasteiger partial charge in [-0.1, -0.05) is 0 Å². The summed E-state index contributed by atoms with van der Waals surface area (Å²) >= 11 is 0. The molecule has 1 aromatic rings. The summed E-state index contributed by atoms with van der Waals surface area (Å²) in [4.78, 5) is 0. The first-order valence-corrected chi connectivity index (χ1v) is 5.64. The number of ether oxygens (including phenoxy) is 1. The fourth-order valence-corrected chi connectivity index (χ4v) is 1.95. The molecule has 3 N–H and O–H groups in total. The van der Waals surface area contributed by atoms with Gasteiger partial charge in [0.25, 0.3) is 0 Å². The predicted octanol–water partition coefficient (Wildman–Crippen LogP) is -0.406. The largest absolute Gasteiger partial charge is 0.494 e. The van der Waals surface area contributed by atoms with Gasteiger partial charge in [-0.15, -0.1) is 0 Å². The molecule has 0 fully saturated rings. The lowest BCUT2D eigenvalue weighted by molar-refractivity contribution is 0.234. The highest BCUT2D eigenvalue weighted by Gasteiger charge is 2.29. The van der Waals surface area contributed by atoms with Gasteiger partial charge < -0.3 is 20.2 Å². The molecule has 0 saturated heterocycles. The summed E-state index contributed by atoms with van der Waals surface area (Å²) in [6.45, 7) is 0.733. The lowest BCUT2D eigenvalue weighted by Crippen LogP contribution is -2.19. The van der Waals surface area contributed by atoms with Gasteiger partial charge in [-0.05, 0) is 17.6 Å².